The summed E-state index contributed by atoms with van der Waals surface area (Å²) in [5.41, 5.74) is 0.909. The summed E-state index contributed by atoms with van der Waals surface area (Å²) in [5.74, 6) is 0. The molecule has 4 nitrogen and oxygen atoms in total. The van der Waals surface area contributed by atoms with Crippen LogP contribution in [0.2, 0.25) is 0 Å². The van der Waals surface area contributed by atoms with E-state index in [-0.39, 0.29) is 5.41 Å². The molecule has 1 aromatic rings. The Bertz CT molecular complexity index is 358. The van der Waals surface area contributed by atoms with Gasteiger partial charge in [0.2, 0.25) is 0 Å². The van der Waals surface area contributed by atoms with E-state index in [0.29, 0.717) is 19.6 Å². The fourth-order valence-corrected chi connectivity index (χ4v) is 2.30. The molecule has 0 spiro atoms. The number of aliphatic hydroxyl groups is 1. The Balaban J connectivity index is 2.83. The van der Waals surface area contributed by atoms with Gasteiger partial charge in [0.25, 0.3) is 0 Å². The van der Waals surface area contributed by atoms with Crippen LogP contribution < -0.4 is 0 Å². The highest BCUT2D eigenvalue weighted by atomic mass is 79.9. The normalized spacial score (nSPS) is 14.0. The second-order valence-corrected chi connectivity index (χ2v) is 6.23. The first-order valence-corrected chi connectivity index (χ1v) is 6.52. The molecule has 0 saturated heterocycles. The third-order valence-corrected chi connectivity index (χ3v) is 3.07. The third-order valence-electron chi connectivity index (χ3n) is 2.46. The first kappa shape index (κ1) is 14.7. The maximum Gasteiger partial charge on any atom is 0.0973 e. The van der Waals surface area contributed by atoms with Crippen molar-refractivity contribution in [1.29, 1.82) is 0 Å². The topological polar surface area (TPSA) is 47.3 Å². The van der Waals surface area contributed by atoms with Crippen molar-refractivity contribution in [3.63, 3.8) is 0 Å². The molecule has 98 valence electrons. The molecular formula is C12H21BrN2O2. The second kappa shape index (κ2) is 5.98. The van der Waals surface area contributed by atoms with E-state index in [2.05, 4.69) is 41.8 Å². The summed E-state index contributed by atoms with van der Waals surface area (Å²) in [6, 6.07) is 0. The Kier molecular flexibility index (Phi) is 5.16. The van der Waals surface area contributed by atoms with Crippen LogP contribution in [-0.4, -0.2) is 28.6 Å². The fraction of sp³-hybridized carbons (Fsp3) is 0.750. The monoisotopic (exact) mass is 304 g/mol. The Labute approximate surface area is 111 Å². The standard InChI is InChI=1S/C12H21BrN2O2/c1-12(2,3)7-10(16)11-9(13)8-14-15(11)5-6-17-4/h8,10,16H,5-7H2,1-4H3. The van der Waals surface area contributed by atoms with E-state index in [4.69, 9.17) is 4.74 Å². The van der Waals surface area contributed by atoms with Gasteiger partial charge in [-0.25, -0.2) is 0 Å². The Morgan fingerprint density at radius 2 is 2.18 bits per heavy atom. The molecule has 0 fully saturated rings. The van der Waals surface area contributed by atoms with Gasteiger partial charge in [-0.15, -0.1) is 0 Å². The minimum atomic E-state index is -0.510. The van der Waals surface area contributed by atoms with Crippen LogP contribution in [0, 0.1) is 5.41 Å². The average molecular weight is 305 g/mol. The first-order valence-electron chi connectivity index (χ1n) is 5.73. The average Bonchev–Trinajstić information content (AvgIpc) is 2.54. The van der Waals surface area contributed by atoms with E-state index in [1.54, 1.807) is 18.0 Å². The third kappa shape index (κ3) is 4.41. The Morgan fingerprint density at radius 3 is 2.71 bits per heavy atom. The molecule has 0 aliphatic heterocycles. The number of aliphatic hydroxyl groups excluding tert-OH is 1. The first-order chi connectivity index (χ1) is 7.85. The van der Waals surface area contributed by atoms with Gasteiger partial charge in [0.15, 0.2) is 0 Å². The molecule has 0 saturated carbocycles. The van der Waals surface area contributed by atoms with Crippen LogP contribution in [0.4, 0.5) is 0 Å². The van der Waals surface area contributed by atoms with E-state index in [1.165, 1.54) is 0 Å². The van der Waals surface area contributed by atoms with Gasteiger partial charge in [-0.05, 0) is 27.8 Å². The number of aromatic nitrogens is 2. The summed E-state index contributed by atoms with van der Waals surface area (Å²) < 4.78 is 7.68. The lowest BCUT2D eigenvalue weighted by Gasteiger charge is -2.23. The van der Waals surface area contributed by atoms with Crippen LogP contribution in [0.25, 0.3) is 0 Å². The minimum absolute atomic E-state index is 0.0786. The van der Waals surface area contributed by atoms with E-state index >= 15 is 0 Å². The summed E-state index contributed by atoms with van der Waals surface area (Å²) in [4.78, 5) is 0. The van der Waals surface area contributed by atoms with E-state index in [0.717, 1.165) is 10.2 Å². The van der Waals surface area contributed by atoms with Gasteiger partial charge in [0.05, 0.1) is 35.6 Å². The lowest BCUT2D eigenvalue weighted by atomic mass is 9.88. The molecule has 0 aliphatic carbocycles. The zero-order valence-electron chi connectivity index (χ0n) is 10.9. The maximum absolute atomic E-state index is 10.3. The molecule has 0 bridgehead atoms. The van der Waals surface area contributed by atoms with Gasteiger partial charge in [-0.1, -0.05) is 20.8 Å². The number of methoxy groups -OCH3 is 1. The second-order valence-electron chi connectivity index (χ2n) is 5.37. The molecule has 1 atom stereocenters. The summed E-state index contributed by atoms with van der Waals surface area (Å²) in [7, 11) is 1.66. The summed E-state index contributed by atoms with van der Waals surface area (Å²) in [5, 5.41) is 14.5. The van der Waals surface area contributed by atoms with Crippen molar-refractivity contribution >= 4 is 15.9 Å². The predicted octanol–water partition coefficient (Wildman–Crippen LogP) is 2.76. The van der Waals surface area contributed by atoms with Gasteiger partial charge >= 0.3 is 0 Å². The molecule has 0 amide bonds. The van der Waals surface area contributed by atoms with Crippen LogP contribution in [0.3, 0.4) is 0 Å². The molecule has 1 N–H and O–H groups in total. The molecule has 0 radical (unpaired) electrons. The minimum Gasteiger partial charge on any atom is -0.387 e. The highest BCUT2D eigenvalue weighted by Gasteiger charge is 2.23. The maximum atomic E-state index is 10.3. The Morgan fingerprint density at radius 1 is 1.53 bits per heavy atom. The SMILES string of the molecule is COCCn1ncc(Br)c1C(O)CC(C)(C)C. The number of halogens is 1. The molecule has 5 heteroatoms. The van der Waals surface area contributed by atoms with Crippen molar-refractivity contribution in [2.24, 2.45) is 5.41 Å². The van der Waals surface area contributed by atoms with Gasteiger partial charge in [0.1, 0.15) is 0 Å². The highest BCUT2D eigenvalue weighted by molar-refractivity contribution is 9.10. The molecule has 1 heterocycles. The van der Waals surface area contributed by atoms with E-state index in [1.807, 2.05) is 0 Å². The van der Waals surface area contributed by atoms with Gasteiger partial charge in [-0.2, -0.15) is 5.10 Å². The van der Waals surface area contributed by atoms with Gasteiger partial charge in [0, 0.05) is 7.11 Å². The molecule has 1 unspecified atom stereocenters. The predicted molar refractivity (Wildman–Crippen MR) is 70.8 cm³/mol. The molecule has 1 aromatic heterocycles. The van der Waals surface area contributed by atoms with Crippen molar-refractivity contribution in [3.05, 3.63) is 16.4 Å². The summed E-state index contributed by atoms with van der Waals surface area (Å²) >= 11 is 3.43. The van der Waals surface area contributed by atoms with Crippen LogP contribution in [-0.2, 0) is 11.3 Å². The zero-order valence-corrected chi connectivity index (χ0v) is 12.5. The number of nitrogens with zero attached hydrogens (tertiary/aromatic N) is 2. The molecule has 1 rings (SSSR count). The number of hydrogen-bond acceptors (Lipinski definition) is 3. The lowest BCUT2D eigenvalue weighted by molar-refractivity contribution is 0.109. The summed E-state index contributed by atoms with van der Waals surface area (Å²) in [6.45, 7) is 7.57. The molecule has 17 heavy (non-hydrogen) atoms. The van der Waals surface area contributed by atoms with Crippen LogP contribution in [0.1, 0.15) is 39.0 Å². The summed E-state index contributed by atoms with van der Waals surface area (Å²) in [6.07, 6.45) is 1.91. The number of ether oxygens (including phenoxy) is 1. The van der Waals surface area contributed by atoms with Gasteiger partial charge in [-0.3, -0.25) is 4.68 Å². The van der Waals surface area contributed by atoms with Crippen molar-refractivity contribution < 1.29 is 9.84 Å². The van der Waals surface area contributed by atoms with Crippen LogP contribution in [0.5, 0.6) is 0 Å². The quantitative estimate of drug-likeness (QED) is 0.910. The molecular weight excluding hydrogens is 284 g/mol. The van der Waals surface area contributed by atoms with Crippen molar-refractivity contribution in [2.75, 3.05) is 13.7 Å². The largest absolute Gasteiger partial charge is 0.387 e. The van der Waals surface area contributed by atoms with Crippen molar-refractivity contribution in [1.82, 2.24) is 9.78 Å². The van der Waals surface area contributed by atoms with E-state index in [9.17, 15) is 5.11 Å². The molecule has 0 aromatic carbocycles. The van der Waals surface area contributed by atoms with Gasteiger partial charge < -0.3 is 9.84 Å². The lowest BCUT2D eigenvalue weighted by Crippen LogP contribution is -2.17. The van der Waals surface area contributed by atoms with Crippen LogP contribution in [0.15, 0.2) is 10.7 Å². The zero-order chi connectivity index (χ0) is 13.1. The highest BCUT2D eigenvalue weighted by Crippen LogP contribution is 2.32. The smallest absolute Gasteiger partial charge is 0.0973 e. The van der Waals surface area contributed by atoms with E-state index < -0.39 is 6.10 Å². The number of rotatable bonds is 5. The molecule has 0 aliphatic rings. The van der Waals surface area contributed by atoms with Crippen molar-refractivity contribution in [3.8, 4) is 0 Å². The van der Waals surface area contributed by atoms with Crippen LogP contribution >= 0.6 is 15.9 Å². The van der Waals surface area contributed by atoms with Crippen molar-refractivity contribution in [2.45, 2.75) is 39.8 Å². The Hall–Kier alpha value is -0.390. The fourth-order valence-electron chi connectivity index (χ4n) is 1.74. The number of hydrogen-bond donors (Lipinski definition) is 1.